The summed E-state index contributed by atoms with van der Waals surface area (Å²) < 4.78 is 2.09. The molecule has 0 aromatic carbocycles. The summed E-state index contributed by atoms with van der Waals surface area (Å²) in [5, 5.41) is 4.51. The van der Waals surface area contributed by atoms with E-state index < -0.39 is 0 Å². The van der Waals surface area contributed by atoms with Crippen molar-refractivity contribution in [3.8, 4) is 0 Å². The van der Waals surface area contributed by atoms with E-state index in [1.54, 1.807) is 0 Å². The van der Waals surface area contributed by atoms with Crippen molar-refractivity contribution in [1.29, 1.82) is 0 Å². The van der Waals surface area contributed by atoms with Crippen molar-refractivity contribution in [1.82, 2.24) is 14.7 Å². The first kappa shape index (κ1) is 11.6. The van der Waals surface area contributed by atoms with E-state index in [1.807, 2.05) is 6.92 Å². The smallest absolute Gasteiger partial charge is 0.0646 e. The minimum Gasteiger partial charge on any atom is -0.329 e. The van der Waals surface area contributed by atoms with Crippen LogP contribution in [-0.2, 0) is 0 Å². The van der Waals surface area contributed by atoms with Crippen LogP contribution >= 0.6 is 0 Å². The summed E-state index contributed by atoms with van der Waals surface area (Å²) >= 11 is 0. The fourth-order valence-electron chi connectivity index (χ4n) is 2.68. The molecule has 2 N–H and O–H groups in total. The Hall–Kier alpha value is -0.870. The quantitative estimate of drug-likeness (QED) is 0.832. The Morgan fingerprint density at radius 3 is 3.06 bits per heavy atom. The Balaban J connectivity index is 2.05. The summed E-state index contributed by atoms with van der Waals surface area (Å²) in [6, 6.07) is 3.12. The first-order valence-corrected chi connectivity index (χ1v) is 6.18. The second-order valence-corrected chi connectivity index (χ2v) is 4.71. The van der Waals surface area contributed by atoms with E-state index in [4.69, 9.17) is 5.73 Å². The van der Waals surface area contributed by atoms with E-state index in [9.17, 15) is 0 Å². The molecule has 0 aliphatic carbocycles. The van der Waals surface area contributed by atoms with Crippen molar-refractivity contribution in [3.63, 3.8) is 0 Å². The first-order valence-electron chi connectivity index (χ1n) is 6.18. The van der Waals surface area contributed by atoms with Gasteiger partial charge >= 0.3 is 0 Å². The number of hydrogen-bond acceptors (Lipinski definition) is 3. The monoisotopic (exact) mass is 222 g/mol. The van der Waals surface area contributed by atoms with Crippen LogP contribution in [0.1, 0.15) is 31.5 Å². The molecule has 16 heavy (non-hydrogen) atoms. The summed E-state index contributed by atoms with van der Waals surface area (Å²) in [4.78, 5) is 2.50. The summed E-state index contributed by atoms with van der Waals surface area (Å²) in [6.07, 6.45) is 4.63. The normalized spacial score (nSPS) is 23.8. The molecular weight excluding hydrogens is 200 g/mol. The molecule has 2 atom stereocenters. The van der Waals surface area contributed by atoms with E-state index in [0.29, 0.717) is 12.1 Å². The van der Waals surface area contributed by atoms with Crippen LogP contribution in [0, 0.1) is 6.92 Å². The lowest BCUT2D eigenvalue weighted by molar-refractivity contribution is 0.196. The zero-order valence-electron chi connectivity index (χ0n) is 10.3. The highest BCUT2D eigenvalue weighted by molar-refractivity contribution is 4.97. The number of hydrogen-bond donors (Lipinski definition) is 1. The van der Waals surface area contributed by atoms with Crippen LogP contribution in [0.3, 0.4) is 0 Å². The van der Waals surface area contributed by atoms with E-state index in [1.165, 1.54) is 19.4 Å². The van der Waals surface area contributed by atoms with Crippen LogP contribution in [-0.4, -0.2) is 40.4 Å². The predicted octanol–water partition coefficient (Wildman–Crippen LogP) is 1.18. The molecule has 0 radical (unpaired) electrons. The molecule has 1 aliphatic rings. The van der Waals surface area contributed by atoms with E-state index in [-0.39, 0.29) is 0 Å². The summed E-state index contributed by atoms with van der Waals surface area (Å²) in [5.41, 5.74) is 6.74. The van der Waals surface area contributed by atoms with Crippen LogP contribution < -0.4 is 5.73 Å². The van der Waals surface area contributed by atoms with Gasteiger partial charge in [0.15, 0.2) is 0 Å². The van der Waals surface area contributed by atoms with Gasteiger partial charge in [-0.2, -0.15) is 5.10 Å². The van der Waals surface area contributed by atoms with Crippen molar-refractivity contribution >= 4 is 0 Å². The lowest BCUT2D eigenvalue weighted by atomic mass is 10.1. The third-order valence-electron chi connectivity index (χ3n) is 3.55. The van der Waals surface area contributed by atoms with Gasteiger partial charge in [0.25, 0.3) is 0 Å². The molecule has 90 valence electrons. The summed E-state index contributed by atoms with van der Waals surface area (Å²) in [6.45, 7) is 7.24. The number of aryl methyl sites for hydroxylation is 1. The zero-order valence-corrected chi connectivity index (χ0v) is 10.3. The van der Waals surface area contributed by atoms with E-state index in [0.717, 1.165) is 18.8 Å². The molecule has 2 unspecified atom stereocenters. The molecule has 1 aliphatic heterocycles. The maximum atomic E-state index is 5.65. The lowest BCUT2D eigenvalue weighted by Gasteiger charge is -2.29. The van der Waals surface area contributed by atoms with Crippen LogP contribution in [0.5, 0.6) is 0 Å². The van der Waals surface area contributed by atoms with Crippen LogP contribution in [0.2, 0.25) is 0 Å². The van der Waals surface area contributed by atoms with Gasteiger partial charge < -0.3 is 5.73 Å². The van der Waals surface area contributed by atoms with E-state index in [2.05, 4.69) is 33.9 Å². The Bertz CT molecular complexity index is 334. The largest absolute Gasteiger partial charge is 0.329 e. The number of nitrogens with zero attached hydrogens (tertiary/aromatic N) is 3. The zero-order chi connectivity index (χ0) is 11.5. The highest BCUT2D eigenvalue weighted by Crippen LogP contribution is 2.26. The molecule has 0 amide bonds. The van der Waals surface area contributed by atoms with Crippen molar-refractivity contribution in [2.75, 3.05) is 19.6 Å². The minimum atomic E-state index is 0.447. The Morgan fingerprint density at radius 1 is 1.62 bits per heavy atom. The van der Waals surface area contributed by atoms with Gasteiger partial charge in [-0.25, -0.2) is 0 Å². The highest BCUT2D eigenvalue weighted by atomic mass is 15.3. The Morgan fingerprint density at radius 2 is 2.44 bits per heavy atom. The lowest BCUT2D eigenvalue weighted by Crippen LogP contribution is -2.38. The number of nitrogens with two attached hydrogens (primary N) is 1. The average Bonchev–Trinajstić information content (AvgIpc) is 2.87. The van der Waals surface area contributed by atoms with Crippen LogP contribution in [0.15, 0.2) is 12.3 Å². The molecule has 2 rings (SSSR count). The predicted molar refractivity (Wildman–Crippen MR) is 65.3 cm³/mol. The molecule has 2 heterocycles. The van der Waals surface area contributed by atoms with Crippen molar-refractivity contribution in [2.24, 2.45) is 5.73 Å². The molecule has 1 aromatic rings. The van der Waals surface area contributed by atoms with E-state index >= 15 is 0 Å². The maximum absolute atomic E-state index is 5.65. The van der Waals surface area contributed by atoms with Gasteiger partial charge in [0.2, 0.25) is 0 Å². The number of rotatable bonds is 4. The molecule has 4 heteroatoms. The standard InChI is InChI=1S/C12H22N4/c1-10-5-8-16(14-10)11(2)12-4-3-7-15(12)9-6-13/h5,8,11-12H,3-4,6-7,9,13H2,1-2H3. The fourth-order valence-corrected chi connectivity index (χ4v) is 2.68. The average molecular weight is 222 g/mol. The van der Waals surface area contributed by atoms with Gasteiger partial charge in [-0.15, -0.1) is 0 Å². The van der Waals surface area contributed by atoms with Gasteiger partial charge in [0.1, 0.15) is 0 Å². The first-order chi connectivity index (χ1) is 7.72. The summed E-state index contributed by atoms with van der Waals surface area (Å²) in [7, 11) is 0. The van der Waals surface area contributed by atoms with Crippen molar-refractivity contribution in [3.05, 3.63) is 18.0 Å². The van der Waals surface area contributed by atoms with Crippen LogP contribution in [0.4, 0.5) is 0 Å². The molecule has 4 nitrogen and oxygen atoms in total. The van der Waals surface area contributed by atoms with Gasteiger partial charge in [-0.05, 0) is 39.3 Å². The fraction of sp³-hybridized carbons (Fsp3) is 0.750. The maximum Gasteiger partial charge on any atom is 0.0646 e. The van der Waals surface area contributed by atoms with Gasteiger partial charge in [0.05, 0.1) is 11.7 Å². The SMILES string of the molecule is Cc1ccn(C(C)C2CCCN2CCN)n1. The van der Waals surface area contributed by atoms with Gasteiger partial charge in [-0.3, -0.25) is 9.58 Å². The molecule has 1 saturated heterocycles. The third-order valence-corrected chi connectivity index (χ3v) is 3.55. The molecule has 0 spiro atoms. The number of likely N-dealkylation sites (tertiary alicyclic amines) is 1. The summed E-state index contributed by atoms with van der Waals surface area (Å²) in [5.74, 6) is 0. The van der Waals surface area contributed by atoms with Gasteiger partial charge in [-0.1, -0.05) is 0 Å². The number of aromatic nitrogens is 2. The molecule has 0 saturated carbocycles. The Kier molecular flexibility index (Phi) is 3.61. The minimum absolute atomic E-state index is 0.447. The molecule has 1 fully saturated rings. The van der Waals surface area contributed by atoms with Gasteiger partial charge in [0, 0.05) is 25.3 Å². The molecule has 1 aromatic heterocycles. The van der Waals surface area contributed by atoms with Crippen LogP contribution in [0.25, 0.3) is 0 Å². The second-order valence-electron chi connectivity index (χ2n) is 4.71. The Labute approximate surface area is 97.4 Å². The van der Waals surface area contributed by atoms with Crippen molar-refractivity contribution < 1.29 is 0 Å². The topological polar surface area (TPSA) is 47.1 Å². The van der Waals surface area contributed by atoms with Crippen molar-refractivity contribution in [2.45, 2.75) is 38.8 Å². The second kappa shape index (κ2) is 4.97. The molecule has 0 bridgehead atoms. The third kappa shape index (κ3) is 2.28. The molecular formula is C12H22N4. The highest BCUT2D eigenvalue weighted by Gasteiger charge is 2.29.